The topological polar surface area (TPSA) is 55.4 Å². The third-order valence-corrected chi connectivity index (χ3v) is 3.11. The van der Waals surface area contributed by atoms with Gasteiger partial charge in [0.2, 0.25) is 5.91 Å². The minimum Gasteiger partial charge on any atom is -0.469 e. The van der Waals surface area contributed by atoms with Gasteiger partial charge < -0.3 is 10.1 Å². The fourth-order valence-electron chi connectivity index (χ4n) is 1.77. The van der Waals surface area contributed by atoms with Gasteiger partial charge in [-0.15, -0.1) is 0 Å². The molecule has 0 fully saturated rings. The molecule has 0 spiro atoms. The summed E-state index contributed by atoms with van der Waals surface area (Å²) in [4.78, 5) is 22.5. The largest absolute Gasteiger partial charge is 0.469 e. The molecule has 21 heavy (non-hydrogen) atoms. The maximum absolute atomic E-state index is 11.6. The quantitative estimate of drug-likeness (QED) is 0.477. The number of carbonyl (C=O) groups excluding carboxylic acids is 2. The number of benzene rings is 1. The first-order chi connectivity index (χ1) is 10.0. The second-order valence-corrected chi connectivity index (χ2v) is 5.13. The normalized spacial score (nSPS) is 10.9. The average molecular weight is 289 g/mol. The van der Waals surface area contributed by atoms with E-state index in [1.54, 1.807) is 6.08 Å². The number of amides is 1. The molecule has 0 unspecified atom stereocenters. The van der Waals surface area contributed by atoms with Crippen molar-refractivity contribution < 1.29 is 14.3 Å². The first-order valence-electron chi connectivity index (χ1n) is 7.15. The summed E-state index contributed by atoms with van der Waals surface area (Å²) in [6.45, 7) is 4.75. The standard InChI is InChI=1S/C17H23NO3/c1-13(2)15-9-6-14(7-10-15)8-11-16(19)18-12-4-5-17(20)21-3/h6-11,13H,4-5,12H2,1-3H3,(H,18,19)/b11-8+. The zero-order valence-corrected chi connectivity index (χ0v) is 12.9. The average Bonchev–Trinajstić information content (AvgIpc) is 2.49. The number of esters is 1. The van der Waals surface area contributed by atoms with Crippen molar-refractivity contribution >= 4 is 18.0 Å². The highest BCUT2D eigenvalue weighted by molar-refractivity contribution is 5.91. The summed E-state index contributed by atoms with van der Waals surface area (Å²) in [5.41, 5.74) is 2.27. The van der Waals surface area contributed by atoms with E-state index in [0.717, 1.165) is 5.56 Å². The molecule has 0 heterocycles. The van der Waals surface area contributed by atoms with Gasteiger partial charge in [-0.3, -0.25) is 9.59 Å². The van der Waals surface area contributed by atoms with E-state index in [1.165, 1.54) is 18.7 Å². The maximum Gasteiger partial charge on any atom is 0.305 e. The van der Waals surface area contributed by atoms with Crippen LogP contribution in [-0.2, 0) is 14.3 Å². The first kappa shape index (κ1) is 17.0. The molecule has 0 aliphatic rings. The number of nitrogens with one attached hydrogen (secondary N) is 1. The van der Waals surface area contributed by atoms with Crippen LogP contribution in [-0.4, -0.2) is 25.5 Å². The lowest BCUT2D eigenvalue weighted by Gasteiger charge is -2.04. The highest BCUT2D eigenvalue weighted by Gasteiger charge is 2.01. The van der Waals surface area contributed by atoms with E-state index in [0.29, 0.717) is 25.3 Å². The van der Waals surface area contributed by atoms with Crippen molar-refractivity contribution in [3.63, 3.8) is 0 Å². The van der Waals surface area contributed by atoms with Gasteiger partial charge in [0.15, 0.2) is 0 Å². The zero-order valence-electron chi connectivity index (χ0n) is 12.9. The fourth-order valence-corrected chi connectivity index (χ4v) is 1.77. The number of carbonyl (C=O) groups is 2. The number of methoxy groups -OCH3 is 1. The van der Waals surface area contributed by atoms with Crippen LogP contribution in [0.1, 0.15) is 43.7 Å². The summed E-state index contributed by atoms with van der Waals surface area (Å²) in [6.07, 6.45) is 4.18. The van der Waals surface area contributed by atoms with Crippen LogP contribution in [0.25, 0.3) is 6.08 Å². The molecule has 0 aliphatic heterocycles. The lowest BCUT2D eigenvalue weighted by Crippen LogP contribution is -2.22. The Balaban J connectivity index is 2.35. The number of ether oxygens (including phenoxy) is 1. The molecule has 0 saturated carbocycles. The summed E-state index contributed by atoms with van der Waals surface area (Å²) in [6, 6.07) is 8.13. The molecule has 4 nitrogen and oxygen atoms in total. The summed E-state index contributed by atoms with van der Waals surface area (Å²) >= 11 is 0. The van der Waals surface area contributed by atoms with E-state index < -0.39 is 0 Å². The Kier molecular flexibility index (Phi) is 7.23. The Morgan fingerprint density at radius 2 is 1.90 bits per heavy atom. The van der Waals surface area contributed by atoms with Gasteiger partial charge in [-0.05, 0) is 29.5 Å². The van der Waals surface area contributed by atoms with E-state index in [9.17, 15) is 9.59 Å². The van der Waals surface area contributed by atoms with Gasteiger partial charge >= 0.3 is 5.97 Å². The molecular formula is C17H23NO3. The molecular weight excluding hydrogens is 266 g/mol. The van der Waals surface area contributed by atoms with Crippen LogP contribution in [0.15, 0.2) is 30.3 Å². The van der Waals surface area contributed by atoms with Gasteiger partial charge in [-0.1, -0.05) is 38.1 Å². The molecule has 0 saturated heterocycles. The van der Waals surface area contributed by atoms with Gasteiger partial charge in [0.05, 0.1) is 7.11 Å². The fraction of sp³-hybridized carbons (Fsp3) is 0.412. The third kappa shape index (κ3) is 6.75. The molecule has 1 rings (SSSR count). The zero-order chi connectivity index (χ0) is 15.7. The molecule has 0 aromatic heterocycles. The SMILES string of the molecule is COC(=O)CCCNC(=O)/C=C/c1ccc(C(C)C)cc1. The van der Waals surface area contributed by atoms with Crippen LogP contribution in [0, 0.1) is 0 Å². The second-order valence-electron chi connectivity index (χ2n) is 5.13. The van der Waals surface area contributed by atoms with Crippen molar-refractivity contribution in [2.75, 3.05) is 13.7 Å². The summed E-state index contributed by atoms with van der Waals surface area (Å²) in [7, 11) is 1.36. The van der Waals surface area contributed by atoms with Crippen molar-refractivity contribution in [2.24, 2.45) is 0 Å². The van der Waals surface area contributed by atoms with Crippen LogP contribution < -0.4 is 5.32 Å². The van der Waals surface area contributed by atoms with Crippen LogP contribution in [0.4, 0.5) is 0 Å². The Morgan fingerprint density at radius 1 is 1.24 bits per heavy atom. The number of rotatable bonds is 7. The lowest BCUT2D eigenvalue weighted by atomic mass is 10.0. The van der Waals surface area contributed by atoms with E-state index >= 15 is 0 Å². The Labute approximate surface area is 126 Å². The minimum atomic E-state index is -0.259. The monoisotopic (exact) mass is 289 g/mol. The van der Waals surface area contributed by atoms with Crippen molar-refractivity contribution in [1.82, 2.24) is 5.32 Å². The predicted molar refractivity (Wildman–Crippen MR) is 83.8 cm³/mol. The molecule has 1 aromatic carbocycles. The Hall–Kier alpha value is -2.10. The molecule has 114 valence electrons. The highest BCUT2D eigenvalue weighted by Crippen LogP contribution is 2.15. The Morgan fingerprint density at radius 3 is 2.48 bits per heavy atom. The second kappa shape index (κ2) is 8.95. The number of hydrogen-bond donors (Lipinski definition) is 1. The summed E-state index contributed by atoms with van der Waals surface area (Å²) < 4.78 is 4.52. The van der Waals surface area contributed by atoms with Crippen molar-refractivity contribution in [3.05, 3.63) is 41.5 Å². The van der Waals surface area contributed by atoms with E-state index in [2.05, 4.69) is 36.0 Å². The van der Waals surface area contributed by atoms with Crippen molar-refractivity contribution in [3.8, 4) is 0 Å². The lowest BCUT2D eigenvalue weighted by molar-refractivity contribution is -0.140. The minimum absolute atomic E-state index is 0.159. The van der Waals surface area contributed by atoms with E-state index in [-0.39, 0.29) is 11.9 Å². The summed E-state index contributed by atoms with van der Waals surface area (Å²) in [5, 5.41) is 2.73. The van der Waals surface area contributed by atoms with E-state index in [4.69, 9.17) is 0 Å². The molecule has 1 aromatic rings. The van der Waals surface area contributed by atoms with Gasteiger partial charge in [0.25, 0.3) is 0 Å². The molecule has 0 radical (unpaired) electrons. The molecule has 1 N–H and O–H groups in total. The van der Waals surface area contributed by atoms with Crippen LogP contribution in [0.3, 0.4) is 0 Å². The molecule has 0 bridgehead atoms. The Bertz CT molecular complexity index is 489. The van der Waals surface area contributed by atoms with Gasteiger partial charge in [-0.2, -0.15) is 0 Å². The van der Waals surface area contributed by atoms with Crippen LogP contribution in [0.5, 0.6) is 0 Å². The predicted octanol–water partition coefficient (Wildman–Crippen LogP) is 2.89. The first-order valence-corrected chi connectivity index (χ1v) is 7.15. The smallest absolute Gasteiger partial charge is 0.305 e. The van der Waals surface area contributed by atoms with E-state index in [1.807, 2.05) is 12.1 Å². The van der Waals surface area contributed by atoms with Gasteiger partial charge in [0.1, 0.15) is 0 Å². The van der Waals surface area contributed by atoms with Crippen LogP contribution in [0.2, 0.25) is 0 Å². The maximum atomic E-state index is 11.6. The molecule has 0 atom stereocenters. The molecule has 0 aliphatic carbocycles. The van der Waals surface area contributed by atoms with Crippen molar-refractivity contribution in [1.29, 1.82) is 0 Å². The van der Waals surface area contributed by atoms with Gasteiger partial charge in [0, 0.05) is 19.0 Å². The van der Waals surface area contributed by atoms with Crippen LogP contribution >= 0.6 is 0 Å². The molecule has 1 amide bonds. The number of hydrogen-bond acceptors (Lipinski definition) is 3. The highest BCUT2D eigenvalue weighted by atomic mass is 16.5. The van der Waals surface area contributed by atoms with Crippen molar-refractivity contribution in [2.45, 2.75) is 32.6 Å². The third-order valence-electron chi connectivity index (χ3n) is 3.11. The summed E-state index contributed by atoms with van der Waals surface area (Å²) in [5.74, 6) is 0.0824. The molecule has 4 heteroatoms. The van der Waals surface area contributed by atoms with Gasteiger partial charge in [-0.25, -0.2) is 0 Å².